The van der Waals surface area contributed by atoms with E-state index < -0.39 is 0 Å². The van der Waals surface area contributed by atoms with Gasteiger partial charge in [-0.1, -0.05) is 13.8 Å². The molecule has 0 amide bonds. The van der Waals surface area contributed by atoms with E-state index in [0.717, 1.165) is 50.5 Å². The smallest absolute Gasteiger partial charge is 0.150 e. The van der Waals surface area contributed by atoms with Gasteiger partial charge in [0.2, 0.25) is 0 Å². The second kappa shape index (κ2) is 7.40. The van der Waals surface area contributed by atoms with Crippen molar-refractivity contribution in [2.45, 2.75) is 39.7 Å². The highest BCUT2D eigenvalue weighted by atomic mass is 32.1. The van der Waals surface area contributed by atoms with Gasteiger partial charge in [0.05, 0.1) is 6.54 Å². The molecule has 5 heteroatoms. The molecule has 0 aromatic carbocycles. The summed E-state index contributed by atoms with van der Waals surface area (Å²) < 4.78 is 2.04. The van der Waals surface area contributed by atoms with E-state index in [2.05, 4.69) is 46.1 Å². The van der Waals surface area contributed by atoms with Crippen molar-refractivity contribution in [1.29, 1.82) is 0 Å². The molecule has 1 N–H and O–H groups in total. The average Bonchev–Trinajstić information content (AvgIpc) is 3.07. The van der Waals surface area contributed by atoms with Crippen LogP contribution in [0.1, 0.15) is 31.1 Å². The minimum atomic E-state index is 0.903. The van der Waals surface area contributed by atoms with Crippen LogP contribution in [0.2, 0.25) is 0 Å². The summed E-state index contributed by atoms with van der Waals surface area (Å²) in [5.41, 5.74) is 1.42. The van der Waals surface area contributed by atoms with E-state index >= 15 is 0 Å². The Morgan fingerprint density at radius 2 is 2.16 bits per heavy atom. The summed E-state index contributed by atoms with van der Waals surface area (Å²) in [5.74, 6) is 2.05. The minimum absolute atomic E-state index is 0.903. The Labute approximate surface area is 118 Å². The third-order valence-corrected chi connectivity index (χ3v) is 3.83. The van der Waals surface area contributed by atoms with Crippen molar-refractivity contribution in [2.24, 2.45) is 0 Å². The maximum Gasteiger partial charge on any atom is 0.150 e. The normalized spacial score (nSPS) is 11.1. The molecule has 0 fully saturated rings. The van der Waals surface area contributed by atoms with Crippen LogP contribution in [0.3, 0.4) is 0 Å². The first-order valence-corrected chi connectivity index (χ1v) is 7.92. The fraction of sp³-hybridized carbons (Fsp3) is 0.571. The molecule has 104 valence electrons. The van der Waals surface area contributed by atoms with Crippen LogP contribution in [0.5, 0.6) is 0 Å². The standard InChI is InChI=1S/C14H22N4S/c1-3-13-16-14(4-2)18(17-13)9-8-15-7-5-12-6-10-19-11-12/h6,10-11,15H,3-5,7-9H2,1-2H3. The predicted molar refractivity (Wildman–Crippen MR) is 79.7 cm³/mol. The molecule has 0 atom stereocenters. The Morgan fingerprint density at radius 3 is 2.84 bits per heavy atom. The molecular formula is C14H22N4S. The molecule has 2 heterocycles. The molecule has 0 radical (unpaired) electrons. The number of rotatable bonds is 8. The summed E-state index contributed by atoms with van der Waals surface area (Å²) in [7, 11) is 0. The lowest BCUT2D eigenvalue weighted by Gasteiger charge is -2.06. The number of aromatic nitrogens is 3. The number of aryl methyl sites for hydroxylation is 2. The molecule has 0 unspecified atom stereocenters. The van der Waals surface area contributed by atoms with E-state index in [1.54, 1.807) is 11.3 Å². The van der Waals surface area contributed by atoms with Crippen LogP contribution in [0.15, 0.2) is 16.8 Å². The molecule has 0 saturated heterocycles. The SMILES string of the molecule is CCc1nc(CC)n(CCNCCc2ccsc2)n1. The van der Waals surface area contributed by atoms with Crippen LogP contribution < -0.4 is 5.32 Å². The number of nitrogens with one attached hydrogen (secondary N) is 1. The molecule has 0 aliphatic heterocycles. The van der Waals surface area contributed by atoms with E-state index in [-0.39, 0.29) is 0 Å². The first kappa shape index (κ1) is 14.2. The highest BCUT2D eigenvalue weighted by Crippen LogP contribution is 2.05. The van der Waals surface area contributed by atoms with E-state index in [4.69, 9.17) is 0 Å². The molecule has 19 heavy (non-hydrogen) atoms. The van der Waals surface area contributed by atoms with Gasteiger partial charge < -0.3 is 5.32 Å². The number of hydrogen-bond acceptors (Lipinski definition) is 4. The third kappa shape index (κ3) is 4.14. The average molecular weight is 278 g/mol. The summed E-state index contributed by atoms with van der Waals surface area (Å²) in [4.78, 5) is 4.51. The van der Waals surface area contributed by atoms with Crippen LogP contribution in [0.4, 0.5) is 0 Å². The predicted octanol–water partition coefficient (Wildman–Crippen LogP) is 2.30. The first-order valence-electron chi connectivity index (χ1n) is 6.97. The van der Waals surface area contributed by atoms with Crippen LogP contribution >= 0.6 is 11.3 Å². The highest BCUT2D eigenvalue weighted by Gasteiger charge is 2.06. The van der Waals surface area contributed by atoms with Crippen LogP contribution in [0, 0.1) is 0 Å². The number of nitrogens with zero attached hydrogens (tertiary/aromatic N) is 3. The largest absolute Gasteiger partial charge is 0.315 e. The van der Waals surface area contributed by atoms with Gasteiger partial charge in [-0.05, 0) is 35.4 Å². The summed E-state index contributed by atoms with van der Waals surface area (Å²) in [6.07, 6.45) is 2.95. The van der Waals surface area contributed by atoms with Crippen molar-refractivity contribution in [3.63, 3.8) is 0 Å². The van der Waals surface area contributed by atoms with Crippen LogP contribution in [-0.2, 0) is 25.8 Å². The topological polar surface area (TPSA) is 42.7 Å². The van der Waals surface area contributed by atoms with Crippen molar-refractivity contribution in [3.8, 4) is 0 Å². The van der Waals surface area contributed by atoms with Crippen molar-refractivity contribution in [2.75, 3.05) is 13.1 Å². The van der Waals surface area contributed by atoms with E-state index in [9.17, 15) is 0 Å². The molecule has 2 rings (SSSR count). The molecule has 2 aromatic rings. The van der Waals surface area contributed by atoms with Crippen molar-refractivity contribution >= 4 is 11.3 Å². The van der Waals surface area contributed by atoms with E-state index in [0.29, 0.717) is 0 Å². The fourth-order valence-corrected chi connectivity index (χ4v) is 2.70. The molecule has 0 bridgehead atoms. The zero-order valence-corrected chi connectivity index (χ0v) is 12.5. The lowest BCUT2D eigenvalue weighted by atomic mass is 10.2. The molecule has 4 nitrogen and oxygen atoms in total. The maximum absolute atomic E-state index is 4.51. The Bertz CT molecular complexity index is 476. The van der Waals surface area contributed by atoms with E-state index in [1.807, 2.05) is 4.68 Å². The van der Waals surface area contributed by atoms with Crippen LogP contribution in [-0.4, -0.2) is 27.9 Å². The Hall–Kier alpha value is -1.20. The van der Waals surface area contributed by atoms with Gasteiger partial charge in [0.25, 0.3) is 0 Å². The molecule has 0 saturated carbocycles. The number of hydrogen-bond donors (Lipinski definition) is 1. The van der Waals surface area contributed by atoms with Gasteiger partial charge in [0.15, 0.2) is 5.82 Å². The van der Waals surface area contributed by atoms with Gasteiger partial charge in [-0.25, -0.2) is 9.67 Å². The molecule has 0 aliphatic carbocycles. The fourth-order valence-electron chi connectivity index (χ4n) is 1.99. The maximum atomic E-state index is 4.51. The minimum Gasteiger partial charge on any atom is -0.315 e. The summed E-state index contributed by atoms with van der Waals surface area (Å²) >= 11 is 1.76. The lowest BCUT2D eigenvalue weighted by Crippen LogP contribution is -2.23. The Morgan fingerprint density at radius 1 is 1.26 bits per heavy atom. The summed E-state index contributed by atoms with van der Waals surface area (Å²) in [6.45, 7) is 7.10. The molecule has 0 spiro atoms. The van der Waals surface area contributed by atoms with Gasteiger partial charge >= 0.3 is 0 Å². The van der Waals surface area contributed by atoms with Gasteiger partial charge in [0.1, 0.15) is 5.82 Å². The second-order valence-electron chi connectivity index (χ2n) is 4.51. The van der Waals surface area contributed by atoms with Crippen LogP contribution in [0.25, 0.3) is 0 Å². The highest BCUT2D eigenvalue weighted by molar-refractivity contribution is 7.07. The second-order valence-corrected chi connectivity index (χ2v) is 5.29. The zero-order valence-electron chi connectivity index (χ0n) is 11.7. The Kier molecular flexibility index (Phi) is 5.54. The molecule has 2 aromatic heterocycles. The van der Waals surface area contributed by atoms with Gasteiger partial charge in [-0.2, -0.15) is 16.4 Å². The van der Waals surface area contributed by atoms with Crippen molar-refractivity contribution in [1.82, 2.24) is 20.1 Å². The van der Waals surface area contributed by atoms with Gasteiger partial charge in [-0.3, -0.25) is 0 Å². The molecule has 0 aliphatic rings. The molecular weight excluding hydrogens is 256 g/mol. The Balaban J connectivity index is 1.71. The van der Waals surface area contributed by atoms with Gasteiger partial charge in [0, 0.05) is 19.4 Å². The zero-order chi connectivity index (χ0) is 13.5. The first-order chi connectivity index (χ1) is 9.33. The monoisotopic (exact) mass is 278 g/mol. The van der Waals surface area contributed by atoms with Gasteiger partial charge in [-0.15, -0.1) is 0 Å². The quantitative estimate of drug-likeness (QED) is 0.753. The third-order valence-electron chi connectivity index (χ3n) is 3.10. The summed E-state index contributed by atoms with van der Waals surface area (Å²) in [6, 6.07) is 2.19. The summed E-state index contributed by atoms with van der Waals surface area (Å²) in [5, 5.41) is 12.3. The van der Waals surface area contributed by atoms with E-state index in [1.165, 1.54) is 5.56 Å². The number of thiophene rings is 1. The van der Waals surface area contributed by atoms with Crippen molar-refractivity contribution < 1.29 is 0 Å². The van der Waals surface area contributed by atoms with Crippen molar-refractivity contribution in [3.05, 3.63) is 34.0 Å². The lowest BCUT2D eigenvalue weighted by molar-refractivity contribution is 0.534.